The normalized spacial score (nSPS) is 19.6. The summed E-state index contributed by atoms with van der Waals surface area (Å²) in [5, 5.41) is 11.6. The second-order valence-electron chi connectivity index (χ2n) is 6.07. The number of carboxylic acid groups (broad SMARTS) is 1. The molecule has 2 unspecified atom stereocenters. The molecule has 0 saturated heterocycles. The number of hydrogen-bond acceptors (Lipinski definition) is 4. The maximum absolute atomic E-state index is 10.7. The number of fused-ring (bicyclic) bond motifs is 1. The van der Waals surface area contributed by atoms with Gasteiger partial charge in [0.05, 0.1) is 12.6 Å². The summed E-state index contributed by atoms with van der Waals surface area (Å²) in [4.78, 5) is 13.7. The molecule has 0 spiro atoms. The molecule has 3 rings (SSSR count). The molecule has 0 saturated carbocycles. The van der Waals surface area contributed by atoms with E-state index in [9.17, 15) is 4.79 Å². The van der Waals surface area contributed by atoms with Crippen LogP contribution in [0.3, 0.4) is 0 Å². The Kier molecular flexibility index (Phi) is 5.56. The van der Waals surface area contributed by atoms with E-state index in [4.69, 9.17) is 21.4 Å². The quantitative estimate of drug-likeness (QED) is 0.792. The summed E-state index contributed by atoms with van der Waals surface area (Å²) in [6.45, 7) is 0.800. The number of thiophene rings is 1. The fraction of sp³-hybridized carbons (Fsp3) is 0.389. The minimum absolute atomic E-state index is 0.0302. The fourth-order valence-corrected chi connectivity index (χ4v) is 4.08. The van der Waals surface area contributed by atoms with Crippen molar-refractivity contribution in [3.05, 3.63) is 56.7 Å². The number of halogens is 1. The number of ether oxygens (including phenoxy) is 1. The molecule has 1 aliphatic rings. The van der Waals surface area contributed by atoms with Crippen LogP contribution in [0.2, 0.25) is 5.02 Å². The second kappa shape index (κ2) is 7.66. The lowest BCUT2D eigenvalue weighted by Crippen LogP contribution is -2.26. The van der Waals surface area contributed by atoms with Gasteiger partial charge >= 0.3 is 5.97 Å². The average Bonchev–Trinajstić information content (AvgIpc) is 3.14. The van der Waals surface area contributed by atoms with Gasteiger partial charge in [-0.15, -0.1) is 11.3 Å². The van der Waals surface area contributed by atoms with E-state index >= 15 is 0 Å². The van der Waals surface area contributed by atoms with Gasteiger partial charge < -0.3 is 9.84 Å². The lowest BCUT2D eigenvalue weighted by molar-refractivity contribution is -0.138. The summed E-state index contributed by atoms with van der Waals surface area (Å²) in [5.41, 5.74) is 2.34. The summed E-state index contributed by atoms with van der Waals surface area (Å²) in [5.74, 6) is -0.799. The van der Waals surface area contributed by atoms with Gasteiger partial charge in [-0.05, 0) is 61.1 Å². The van der Waals surface area contributed by atoms with E-state index in [1.807, 2.05) is 30.1 Å². The molecular weight excluding hydrogens is 346 g/mol. The molecule has 1 aromatic heterocycles. The Morgan fingerprint density at radius 2 is 2.21 bits per heavy atom. The Bertz CT molecular complexity index is 704. The SMILES string of the molecule is CN(CCCC1OC(c2cccs2)c2cc(Cl)ccc21)CC(=O)O. The van der Waals surface area contributed by atoms with Crippen molar-refractivity contribution in [3.8, 4) is 0 Å². The number of likely N-dealkylation sites (N-methyl/N-ethyl adjacent to an activating group) is 1. The maximum atomic E-state index is 10.7. The lowest BCUT2D eigenvalue weighted by Gasteiger charge is -2.17. The van der Waals surface area contributed by atoms with Crippen LogP contribution in [0.4, 0.5) is 0 Å². The first-order chi connectivity index (χ1) is 11.5. The van der Waals surface area contributed by atoms with Crippen molar-refractivity contribution in [3.63, 3.8) is 0 Å². The minimum Gasteiger partial charge on any atom is -0.480 e. The van der Waals surface area contributed by atoms with E-state index in [2.05, 4.69) is 17.5 Å². The van der Waals surface area contributed by atoms with Gasteiger partial charge in [-0.2, -0.15) is 0 Å². The molecule has 2 atom stereocenters. The van der Waals surface area contributed by atoms with Crippen LogP contribution >= 0.6 is 22.9 Å². The highest BCUT2D eigenvalue weighted by molar-refractivity contribution is 7.10. The zero-order valence-electron chi connectivity index (χ0n) is 13.4. The summed E-state index contributed by atoms with van der Waals surface area (Å²) in [7, 11) is 1.83. The molecule has 2 aromatic rings. The van der Waals surface area contributed by atoms with Crippen LogP contribution in [0.1, 0.15) is 41.1 Å². The van der Waals surface area contributed by atoms with E-state index < -0.39 is 5.97 Å². The molecule has 128 valence electrons. The average molecular weight is 366 g/mol. The Morgan fingerprint density at radius 3 is 2.92 bits per heavy atom. The monoisotopic (exact) mass is 365 g/mol. The van der Waals surface area contributed by atoms with Gasteiger partial charge in [-0.3, -0.25) is 9.69 Å². The van der Waals surface area contributed by atoms with Gasteiger partial charge in [0.1, 0.15) is 6.10 Å². The number of carboxylic acids is 1. The third-order valence-electron chi connectivity index (χ3n) is 4.19. The molecular formula is C18H20ClNO3S. The molecule has 1 aromatic carbocycles. The molecule has 0 radical (unpaired) electrons. The highest BCUT2D eigenvalue weighted by Gasteiger charge is 2.33. The summed E-state index contributed by atoms with van der Waals surface area (Å²) in [6, 6.07) is 10.1. The molecule has 6 heteroatoms. The Morgan fingerprint density at radius 1 is 1.38 bits per heavy atom. The van der Waals surface area contributed by atoms with Gasteiger partial charge in [0.15, 0.2) is 0 Å². The van der Waals surface area contributed by atoms with E-state index in [1.165, 1.54) is 10.4 Å². The van der Waals surface area contributed by atoms with Crippen molar-refractivity contribution in [1.82, 2.24) is 4.90 Å². The molecule has 0 bridgehead atoms. The zero-order valence-corrected chi connectivity index (χ0v) is 15.0. The first-order valence-electron chi connectivity index (χ1n) is 7.93. The number of nitrogens with zero attached hydrogens (tertiary/aromatic N) is 1. The molecule has 1 N–H and O–H groups in total. The van der Waals surface area contributed by atoms with Crippen molar-refractivity contribution in [1.29, 1.82) is 0 Å². The molecule has 2 heterocycles. The molecule has 0 fully saturated rings. The highest BCUT2D eigenvalue weighted by Crippen LogP contribution is 2.46. The highest BCUT2D eigenvalue weighted by atomic mass is 35.5. The van der Waals surface area contributed by atoms with E-state index in [0.717, 1.165) is 30.0 Å². The Hall–Kier alpha value is -1.40. The van der Waals surface area contributed by atoms with Crippen LogP contribution in [-0.4, -0.2) is 36.1 Å². The lowest BCUT2D eigenvalue weighted by atomic mass is 9.99. The molecule has 0 amide bonds. The molecule has 24 heavy (non-hydrogen) atoms. The topological polar surface area (TPSA) is 49.8 Å². The second-order valence-corrected chi connectivity index (χ2v) is 7.48. The molecule has 0 aliphatic carbocycles. The number of rotatable bonds is 7. The number of carbonyl (C=O) groups is 1. The van der Waals surface area contributed by atoms with Crippen LogP contribution in [0.25, 0.3) is 0 Å². The van der Waals surface area contributed by atoms with E-state index in [-0.39, 0.29) is 18.8 Å². The van der Waals surface area contributed by atoms with Gasteiger partial charge in [0, 0.05) is 9.90 Å². The van der Waals surface area contributed by atoms with Crippen molar-refractivity contribution >= 4 is 28.9 Å². The Labute approximate surface area is 150 Å². The van der Waals surface area contributed by atoms with Crippen molar-refractivity contribution < 1.29 is 14.6 Å². The summed E-state index contributed by atoms with van der Waals surface area (Å²) in [6.07, 6.45) is 1.72. The van der Waals surface area contributed by atoms with Crippen LogP contribution < -0.4 is 0 Å². The van der Waals surface area contributed by atoms with Crippen LogP contribution in [0.5, 0.6) is 0 Å². The zero-order chi connectivity index (χ0) is 17.1. The Balaban J connectivity index is 1.68. The van der Waals surface area contributed by atoms with Gasteiger partial charge in [0.2, 0.25) is 0 Å². The van der Waals surface area contributed by atoms with Crippen LogP contribution in [0, 0.1) is 0 Å². The summed E-state index contributed by atoms with van der Waals surface area (Å²) < 4.78 is 6.31. The fourth-order valence-electron chi connectivity index (χ4n) is 3.12. The van der Waals surface area contributed by atoms with Crippen molar-refractivity contribution in [2.45, 2.75) is 25.0 Å². The standard InChI is InChI=1S/C18H20ClNO3S/c1-20(11-17(21)22)8-2-4-15-13-7-6-12(19)10-14(13)18(23-15)16-5-3-9-24-16/h3,5-7,9-10,15,18H,2,4,8,11H2,1H3,(H,21,22). The van der Waals surface area contributed by atoms with Gasteiger partial charge in [-0.25, -0.2) is 0 Å². The third-order valence-corrected chi connectivity index (χ3v) is 5.34. The first-order valence-corrected chi connectivity index (χ1v) is 9.19. The number of hydrogen-bond donors (Lipinski definition) is 1. The van der Waals surface area contributed by atoms with E-state index in [0.29, 0.717) is 0 Å². The van der Waals surface area contributed by atoms with Gasteiger partial charge in [0.25, 0.3) is 0 Å². The van der Waals surface area contributed by atoms with Gasteiger partial charge in [-0.1, -0.05) is 23.7 Å². The maximum Gasteiger partial charge on any atom is 0.317 e. The number of aliphatic carboxylic acids is 1. The largest absolute Gasteiger partial charge is 0.480 e. The number of benzene rings is 1. The first kappa shape index (κ1) is 17.4. The summed E-state index contributed by atoms with van der Waals surface area (Å²) >= 11 is 7.86. The third kappa shape index (κ3) is 3.98. The van der Waals surface area contributed by atoms with Crippen LogP contribution in [-0.2, 0) is 9.53 Å². The van der Waals surface area contributed by atoms with E-state index in [1.54, 1.807) is 11.3 Å². The molecule has 4 nitrogen and oxygen atoms in total. The predicted molar refractivity (Wildman–Crippen MR) is 95.8 cm³/mol. The van der Waals surface area contributed by atoms with Crippen molar-refractivity contribution in [2.24, 2.45) is 0 Å². The smallest absolute Gasteiger partial charge is 0.317 e. The molecule has 1 aliphatic heterocycles. The minimum atomic E-state index is -0.799. The van der Waals surface area contributed by atoms with Crippen molar-refractivity contribution in [2.75, 3.05) is 20.1 Å². The predicted octanol–water partition coefficient (Wildman–Crippen LogP) is 4.36. The van der Waals surface area contributed by atoms with Crippen LogP contribution in [0.15, 0.2) is 35.7 Å².